The van der Waals surface area contributed by atoms with Crippen molar-refractivity contribution in [3.05, 3.63) is 23.9 Å². The van der Waals surface area contributed by atoms with Crippen LogP contribution in [0.4, 0.5) is 0 Å². The average Bonchev–Trinajstić information content (AvgIpc) is 2.71. The number of amides is 1. The average molecular weight is 392 g/mol. The van der Waals surface area contributed by atoms with E-state index in [2.05, 4.69) is 32.0 Å². The van der Waals surface area contributed by atoms with E-state index in [0.29, 0.717) is 12.1 Å². The summed E-state index contributed by atoms with van der Waals surface area (Å²) in [5.41, 5.74) is 0.647. The standard InChI is InChI=1S/C20H33N5OS/c1-23-11-13-25(14-12-23)10-7-21-20(26)18-5-6-19(22-17-18)27-16-15-24-8-3-2-4-9-24/h5-6,17H,2-4,7-16H2,1H3,(H,21,26). The van der Waals surface area contributed by atoms with Crippen molar-refractivity contribution in [1.82, 2.24) is 25.0 Å². The quantitative estimate of drug-likeness (QED) is 0.680. The molecule has 2 aliphatic rings. The van der Waals surface area contributed by atoms with E-state index in [1.165, 1.54) is 32.4 Å². The number of nitrogens with one attached hydrogen (secondary N) is 1. The molecule has 3 heterocycles. The highest BCUT2D eigenvalue weighted by Gasteiger charge is 2.14. The van der Waals surface area contributed by atoms with E-state index in [1.807, 2.05) is 12.1 Å². The highest BCUT2D eigenvalue weighted by atomic mass is 32.2. The summed E-state index contributed by atoms with van der Waals surface area (Å²) in [6, 6.07) is 3.86. The number of hydrogen-bond donors (Lipinski definition) is 1. The number of pyridine rings is 1. The molecular weight excluding hydrogens is 358 g/mol. The fourth-order valence-corrected chi connectivity index (χ4v) is 4.41. The number of likely N-dealkylation sites (tertiary alicyclic amines) is 1. The first-order valence-electron chi connectivity index (χ1n) is 10.2. The topological polar surface area (TPSA) is 51.7 Å². The zero-order chi connectivity index (χ0) is 18.9. The van der Waals surface area contributed by atoms with Gasteiger partial charge >= 0.3 is 0 Å². The number of carbonyl (C=O) groups excluding carboxylic acids is 1. The molecule has 1 amide bonds. The molecule has 0 radical (unpaired) electrons. The van der Waals surface area contributed by atoms with E-state index < -0.39 is 0 Å². The number of rotatable bonds is 8. The lowest BCUT2D eigenvalue weighted by molar-refractivity contribution is 0.0940. The minimum absolute atomic E-state index is 0.0264. The molecule has 0 unspecified atom stereocenters. The molecule has 0 spiro atoms. The van der Waals surface area contributed by atoms with Gasteiger partial charge < -0.3 is 15.1 Å². The van der Waals surface area contributed by atoms with Crippen LogP contribution in [0.15, 0.2) is 23.4 Å². The lowest BCUT2D eigenvalue weighted by Gasteiger charge is -2.32. The summed E-state index contributed by atoms with van der Waals surface area (Å²) in [6.07, 6.45) is 5.75. The predicted octanol–water partition coefficient (Wildman–Crippen LogP) is 1.64. The molecule has 1 N–H and O–H groups in total. The van der Waals surface area contributed by atoms with Crippen LogP contribution in [0.2, 0.25) is 0 Å². The monoisotopic (exact) mass is 391 g/mol. The van der Waals surface area contributed by atoms with Crippen molar-refractivity contribution in [2.45, 2.75) is 24.3 Å². The Labute approximate surface area is 167 Å². The SMILES string of the molecule is CN1CCN(CCNC(=O)c2ccc(SCCN3CCCCC3)nc2)CC1. The van der Waals surface area contributed by atoms with Crippen molar-refractivity contribution in [1.29, 1.82) is 0 Å². The normalized spacial score (nSPS) is 19.9. The third kappa shape index (κ3) is 7.07. The molecular formula is C20H33N5OS. The minimum atomic E-state index is -0.0264. The second kappa shape index (κ2) is 11.0. The highest BCUT2D eigenvalue weighted by molar-refractivity contribution is 7.99. The molecule has 1 aromatic rings. The Kier molecular flexibility index (Phi) is 8.38. The Morgan fingerprint density at radius 2 is 1.78 bits per heavy atom. The summed E-state index contributed by atoms with van der Waals surface area (Å²) < 4.78 is 0. The summed E-state index contributed by atoms with van der Waals surface area (Å²) >= 11 is 1.78. The van der Waals surface area contributed by atoms with Gasteiger partial charge in [-0.2, -0.15) is 0 Å². The molecule has 0 bridgehead atoms. The number of piperazine rings is 1. The van der Waals surface area contributed by atoms with Gasteiger partial charge in [-0.25, -0.2) is 4.98 Å². The first-order valence-corrected chi connectivity index (χ1v) is 11.2. The maximum absolute atomic E-state index is 12.3. The number of hydrogen-bond acceptors (Lipinski definition) is 6. The van der Waals surface area contributed by atoms with Crippen LogP contribution in [0, 0.1) is 0 Å². The van der Waals surface area contributed by atoms with Crippen LogP contribution in [-0.4, -0.2) is 97.3 Å². The van der Waals surface area contributed by atoms with Crippen molar-refractivity contribution in [2.24, 2.45) is 0 Å². The van der Waals surface area contributed by atoms with Gasteiger partial charge in [0.1, 0.15) is 0 Å². The van der Waals surface area contributed by atoms with E-state index in [0.717, 1.165) is 50.0 Å². The van der Waals surface area contributed by atoms with Crippen molar-refractivity contribution >= 4 is 17.7 Å². The summed E-state index contributed by atoms with van der Waals surface area (Å²) in [4.78, 5) is 24.0. The number of piperidine rings is 1. The Morgan fingerprint density at radius 3 is 2.48 bits per heavy atom. The van der Waals surface area contributed by atoms with Gasteiger partial charge in [-0.05, 0) is 45.1 Å². The van der Waals surface area contributed by atoms with Gasteiger partial charge in [0.25, 0.3) is 5.91 Å². The smallest absolute Gasteiger partial charge is 0.252 e. The number of thioether (sulfide) groups is 1. The maximum Gasteiger partial charge on any atom is 0.252 e. The first kappa shape index (κ1) is 20.6. The number of carbonyl (C=O) groups is 1. The number of aromatic nitrogens is 1. The van der Waals surface area contributed by atoms with Gasteiger partial charge in [-0.3, -0.25) is 9.69 Å². The van der Waals surface area contributed by atoms with Crippen molar-refractivity contribution in [3.8, 4) is 0 Å². The molecule has 2 aliphatic heterocycles. The van der Waals surface area contributed by atoms with Crippen molar-refractivity contribution in [2.75, 3.05) is 71.7 Å². The van der Waals surface area contributed by atoms with E-state index in [1.54, 1.807) is 18.0 Å². The molecule has 7 heteroatoms. The van der Waals surface area contributed by atoms with Crippen molar-refractivity contribution in [3.63, 3.8) is 0 Å². The molecule has 2 fully saturated rings. The van der Waals surface area contributed by atoms with E-state index in [-0.39, 0.29) is 5.91 Å². The summed E-state index contributed by atoms with van der Waals surface area (Å²) in [6.45, 7) is 9.58. The molecule has 3 rings (SSSR count). The predicted molar refractivity (Wildman–Crippen MR) is 112 cm³/mol. The van der Waals surface area contributed by atoms with Crippen LogP contribution in [0.1, 0.15) is 29.6 Å². The minimum Gasteiger partial charge on any atom is -0.351 e. The highest BCUT2D eigenvalue weighted by Crippen LogP contribution is 2.17. The fourth-order valence-electron chi connectivity index (χ4n) is 3.56. The molecule has 2 saturated heterocycles. The molecule has 6 nitrogen and oxygen atoms in total. The molecule has 1 aromatic heterocycles. The van der Waals surface area contributed by atoms with Crippen LogP contribution < -0.4 is 5.32 Å². The summed E-state index contributed by atoms with van der Waals surface area (Å²) in [7, 11) is 2.15. The zero-order valence-electron chi connectivity index (χ0n) is 16.5. The largest absolute Gasteiger partial charge is 0.351 e. The second-order valence-corrected chi connectivity index (χ2v) is 8.65. The molecule has 27 heavy (non-hydrogen) atoms. The zero-order valence-corrected chi connectivity index (χ0v) is 17.3. The van der Waals surface area contributed by atoms with Crippen LogP contribution >= 0.6 is 11.8 Å². The fraction of sp³-hybridized carbons (Fsp3) is 0.700. The Balaban J connectivity index is 1.33. The van der Waals surface area contributed by atoms with E-state index in [4.69, 9.17) is 0 Å². The van der Waals surface area contributed by atoms with Crippen LogP contribution in [-0.2, 0) is 0 Å². The van der Waals surface area contributed by atoms with E-state index >= 15 is 0 Å². The van der Waals surface area contributed by atoms with Crippen molar-refractivity contribution < 1.29 is 4.79 Å². The molecule has 0 atom stereocenters. The Morgan fingerprint density at radius 1 is 1.04 bits per heavy atom. The first-order chi connectivity index (χ1) is 13.2. The van der Waals surface area contributed by atoms with Gasteiger partial charge in [0.2, 0.25) is 0 Å². The third-order valence-electron chi connectivity index (χ3n) is 5.41. The number of likely N-dealkylation sites (N-methyl/N-ethyl adjacent to an activating group) is 1. The number of nitrogens with zero attached hydrogens (tertiary/aromatic N) is 4. The van der Waals surface area contributed by atoms with Gasteiger partial charge in [-0.15, -0.1) is 11.8 Å². The maximum atomic E-state index is 12.3. The van der Waals surface area contributed by atoms with Gasteiger partial charge in [0.15, 0.2) is 0 Å². The lowest BCUT2D eigenvalue weighted by atomic mass is 10.1. The van der Waals surface area contributed by atoms with Crippen LogP contribution in [0.25, 0.3) is 0 Å². The molecule has 0 saturated carbocycles. The summed E-state index contributed by atoms with van der Waals surface area (Å²) in [5, 5.41) is 4.02. The Hall–Kier alpha value is -1.15. The van der Waals surface area contributed by atoms with Crippen LogP contribution in [0.5, 0.6) is 0 Å². The summed E-state index contributed by atoms with van der Waals surface area (Å²) in [5.74, 6) is 1.03. The van der Waals surface area contributed by atoms with Gasteiger partial charge in [0.05, 0.1) is 10.6 Å². The van der Waals surface area contributed by atoms with E-state index in [9.17, 15) is 4.79 Å². The molecule has 0 aromatic carbocycles. The van der Waals surface area contributed by atoms with Gasteiger partial charge in [0, 0.05) is 57.8 Å². The van der Waals surface area contributed by atoms with Crippen LogP contribution in [0.3, 0.4) is 0 Å². The Bertz CT molecular complexity index is 568. The third-order valence-corrected chi connectivity index (χ3v) is 6.34. The molecule has 0 aliphatic carbocycles. The van der Waals surface area contributed by atoms with Gasteiger partial charge in [-0.1, -0.05) is 6.42 Å². The molecule has 150 valence electrons. The second-order valence-electron chi connectivity index (χ2n) is 7.54. The lowest BCUT2D eigenvalue weighted by Crippen LogP contribution is -2.46.